The molecule has 0 bridgehead atoms. The van der Waals surface area contributed by atoms with Gasteiger partial charge < -0.3 is 14.6 Å². The molecule has 1 saturated heterocycles. The quantitative estimate of drug-likeness (QED) is 0.161. The van der Waals surface area contributed by atoms with E-state index in [-0.39, 0.29) is 17.4 Å². The summed E-state index contributed by atoms with van der Waals surface area (Å²) in [5.74, 6) is 0.131. The fourth-order valence-corrected chi connectivity index (χ4v) is 6.41. The van der Waals surface area contributed by atoms with Crippen LogP contribution < -0.4 is 14.4 Å². The number of ketones is 1. The van der Waals surface area contributed by atoms with Crippen molar-refractivity contribution in [3.8, 4) is 11.5 Å². The maximum atomic E-state index is 13.6. The molecule has 204 valence electrons. The lowest BCUT2D eigenvalue weighted by Gasteiger charge is -2.23. The van der Waals surface area contributed by atoms with E-state index in [1.807, 2.05) is 62.4 Å². The number of aliphatic hydroxyl groups excluding tert-OH is 1. The summed E-state index contributed by atoms with van der Waals surface area (Å²) in [6.45, 7) is 8.66. The largest absolute Gasteiger partial charge is 0.507 e. The number of hydrogen-bond acceptors (Lipinski definition) is 7. The molecule has 4 aromatic rings. The lowest BCUT2D eigenvalue weighted by atomic mass is 9.93. The first-order valence-corrected chi connectivity index (χ1v) is 14.3. The Morgan fingerprint density at radius 2 is 1.90 bits per heavy atom. The third-order valence-corrected chi connectivity index (χ3v) is 8.42. The Morgan fingerprint density at radius 3 is 2.62 bits per heavy atom. The lowest BCUT2D eigenvalue weighted by molar-refractivity contribution is -0.132. The molecular weight excluding hydrogens is 524 g/mol. The van der Waals surface area contributed by atoms with E-state index >= 15 is 0 Å². The SMILES string of the molecule is CCOc1ccc2nc(N3C(=O)C(=O)C(=C(O)c4ccc5c(c4)C[C@H](C)O5)[C@@H]3c3ccc(C(C)C)cc3)sc2c1. The summed E-state index contributed by atoms with van der Waals surface area (Å²) in [4.78, 5) is 33.4. The number of carbonyl (C=O) groups is 2. The summed E-state index contributed by atoms with van der Waals surface area (Å²) in [5, 5.41) is 12.0. The van der Waals surface area contributed by atoms with Crippen LogP contribution in [-0.2, 0) is 16.0 Å². The number of rotatable bonds is 6. The van der Waals surface area contributed by atoms with Crippen LogP contribution in [0.4, 0.5) is 5.13 Å². The van der Waals surface area contributed by atoms with Crippen molar-refractivity contribution in [3.63, 3.8) is 0 Å². The molecule has 0 radical (unpaired) electrons. The van der Waals surface area contributed by atoms with Crippen molar-refractivity contribution in [1.29, 1.82) is 0 Å². The average Bonchev–Trinajstić information content (AvgIpc) is 3.60. The minimum atomic E-state index is -0.837. The van der Waals surface area contributed by atoms with Crippen molar-refractivity contribution in [2.45, 2.75) is 52.2 Å². The zero-order chi connectivity index (χ0) is 28.1. The Labute approximate surface area is 236 Å². The zero-order valence-electron chi connectivity index (χ0n) is 22.8. The minimum Gasteiger partial charge on any atom is -0.507 e. The van der Waals surface area contributed by atoms with Gasteiger partial charge in [0.1, 0.15) is 23.4 Å². The zero-order valence-corrected chi connectivity index (χ0v) is 23.6. The molecule has 7 nitrogen and oxygen atoms in total. The highest BCUT2D eigenvalue weighted by Crippen LogP contribution is 2.45. The van der Waals surface area contributed by atoms with Gasteiger partial charge in [-0.05, 0) is 72.9 Å². The van der Waals surface area contributed by atoms with Crippen molar-refractivity contribution in [2.24, 2.45) is 0 Å². The number of Topliss-reactive ketones (excluding diaryl/α,β-unsaturated/α-hetero) is 1. The normalized spacial score (nSPS) is 19.9. The molecule has 3 heterocycles. The Bertz CT molecular complexity index is 1670. The van der Waals surface area contributed by atoms with Crippen LogP contribution in [-0.4, -0.2) is 34.5 Å². The summed E-state index contributed by atoms with van der Waals surface area (Å²) < 4.78 is 12.3. The third-order valence-electron chi connectivity index (χ3n) is 7.40. The number of nitrogens with zero attached hydrogens (tertiary/aromatic N) is 2. The summed E-state index contributed by atoms with van der Waals surface area (Å²) in [5.41, 5.74) is 4.04. The summed E-state index contributed by atoms with van der Waals surface area (Å²) in [6.07, 6.45) is 0.750. The highest BCUT2D eigenvalue weighted by Gasteiger charge is 2.48. The van der Waals surface area contributed by atoms with Crippen LogP contribution in [0.1, 0.15) is 61.9 Å². The molecule has 0 aliphatic carbocycles. The number of amides is 1. The molecular formula is C32H30N2O5S. The van der Waals surface area contributed by atoms with Crippen molar-refractivity contribution in [2.75, 3.05) is 11.5 Å². The topological polar surface area (TPSA) is 89.0 Å². The Balaban J connectivity index is 1.50. The lowest BCUT2D eigenvalue weighted by Crippen LogP contribution is -2.29. The number of carbonyl (C=O) groups excluding carboxylic acids is 2. The fourth-order valence-electron chi connectivity index (χ4n) is 5.39. The van der Waals surface area contributed by atoms with Crippen LogP contribution in [0.2, 0.25) is 0 Å². The first kappa shape index (κ1) is 26.1. The smallest absolute Gasteiger partial charge is 0.301 e. The number of fused-ring (bicyclic) bond motifs is 2. The van der Waals surface area contributed by atoms with Crippen molar-refractivity contribution in [3.05, 3.63) is 88.5 Å². The molecule has 1 N–H and O–H groups in total. The van der Waals surface area contributed by atoms with E-state index in [9.17, 15) is 14.7 Å². The summed E-state index contributed by atoms with van der Waals surface area (Å²) >= 11 is 1.31. The van der Waals surface area contributed by atoms with Crippen molar-refractivity contribution >= 4 is 44.1 Å². The molecule has 1 aromatic heterocycles. The van der Waals surface area contributed by atoms with E-state index in [1.54, 1.807) is 12.1 Å². The van der Waals surface area contributed by atoms with Crippen LogP contribution in [0.15, 0.2) is 66.2 Å². The van der Waals surface area contributed by atoms with Gasteiger partial charge in [0.15, 0.2) is 5.13 Å². The minimum absolute atomic E-state index is 0.0414. The molecule has 8 heteroatoms. The predicted molar refractivity (Wildman–Crippen MR) is 156 cm³/mol. The van der Waals surface area contributed by atoms with Gasteiger partial charge in [0.25, 0.3) is 5.78 Å². The first-order chi connectivity index (χ1) is 19.2. The van der Waals surface area contributed by atoms with Crippen LogP contribution >= 0.6 is 11.3 Å². The molecule has 2 aliphatic rings. The molecule has 3 aromatic carbocycles. The first-order valence-electron chi connectivity index (χ1n) is 13.5. The molecule has 0 unspecified atom stereocenters. The number of ether oxygens (including phenoxy) is 2. The van der Waals surface area contributed by atoms with E-state index in [0.29, 0.717) is 40.9 Å². The Hall–Kier alpha value is -4.17. The van der Waals surface area contributed by atoms with Gasteiger partial charge >= 0.3 is 5.91 Å². The van der Waals surface area contributed by atoms with E-state index in [1.165, 1.54) is 16.2 Å². The molecule has 2 atom stereocenters. The van der Waals surface area contributed by atoms with Gasteiger partial charge in [0, 0.05) is 12.0 Å². The van der Waals surface area contributed by atoms with Crippen LogP contribution in [0.25, 0.3) is 16.0 Å². The van der Waals surface area contributed by atoms with Crippen LogP contribution in [0.3, 0.4) is 0 Å². The number of aliphatic hydroxyl groups is 1. The van der Waals surface area contributed by atoms with Gasteiger partial charge in [-0.2, -0.15) is 0 Å². The Morgan fingerprint density at radius 1 is 1.12 bits per heavy atom. The van der Waals surface area contributed by atoms with Gasteiger partial charge in [-0.15, -0.1) is 0 Å². The van der Waals surface area contributed by atoms with Gasteiger partial charge in [-0.25, -0.2) is 4.98 Å². The van der Waals surface area contributed by atoms with Gasteiger partial charge in [0.2, 0.25) is 0 Å². The van der Waals surface area contributed by atoms with Crippen molar-refractivity contribution < 1.29 is 24.2 Å². The maximum Gasteiger partial charge on any atom is 0.301 e. The van der Waals surface area contributed by atoms with E-state index in [0.717, 1.165) is 27.1 Å². The Kier molecular flexibility index (Phi) is 6.58. The second-order valence-corrected chi connectivity index (χ2v) is 11.5. The molecule has 1 amide bonds. The highest BCUT2D eigenvalue weighted by molar-refractivity contribution is 7.22. The number of aromatic nitrogens is 1. The monoisotopic (exact) mass is 554 g/mol. The maximum absolute atomic E-state index is 13.6. The molecule has 0 saturated carbocycles. The van der Waals surface area contributed by atoms with Crippen molar-refractivity contribution in [1.82, 2.24) is 4.98 Å². The van der Waals surface area contributed by atoms with E-state index in [2.05, 4.69) is 13.8 Å². The fraction of sp³-hybridized carbons (Fsp3) is 0.281. The highest BCUT2D eigenvalue weighted by atomic mass is 32.1. The molecule has 40 heavy (non-hydrogen) atoms. The number of thiazole rings is 1. The molecule has 2 aliphatic heterocycles. The van der Waals surface area contributed by atoms with Gasteiger partial charge in [-0.3, -0.25) is 14.5 Å². The van der Waals surface area contributed by atoms with Crippen LogP contribution in [0, 0.1) is 0 Å². The number of benzene rings is 3. The predicted octanol–water partition coefficient (Wildman–Crippen LogP) is 6.77. The second-order valence-electron chi connectivity index (χ2n) is 10.5. The summed E-state index contributed by atoms with van der Waals surface area (Å²) in [7, 11) is 0. The van der Waals surface area contributed by atoms with E-state index < -0.39 is 17.7 Å². The van der Waals surface area contributed by atoms with Gasteiger partial charge in [0.05, 0.1) is 28.4 Å². The van der Waals surface area contributed by atoms with Gasteiger partial charge in [-0.1, -0.05) is 49.4 Å². The van der Waals surface area contributed by atoms with Crippen LogP contribution in [0.5, 0.6) is 11.5 Å². The standard InChI is InChI=1S/C32H30N2O5S/c1-5-38-23-11-12-24-26(16-23)40-32(33-24)34-28(20-8-6-19(7-9-20)17(2)3)27(30(36)31(34)37)29(35)21-10-13-25-22(15-21)14-18(4)39-25/h6-13,15-18,28,35H,5,14H2,1-4H3/t18-,28-/m0/s1. The van der Waals surface area contributed by atoms with E-state index in [4.69, 9.17) is 14.5 Å². The molecule has 6 rings (SSSR count). The third kappa shape index (κ3) is 4.42. The number of hydrogen-bond donors (Lipinski definition) is 1. The second kappa shape index (κ2) is 10.1. The molecule has 1 fully saturated rings. The molecule has 0 spiro atoms. The summed E-state index contributed by atoms with van der Waals surface area (Å²) in [6, 6.07) is 17.9. The number of anilines is 1. The average molecular weight is 555 g/mol.